The summed E-state index contributed by atoms with van der Waals surface area (Å²) in [5, 5.41) is 11.4. The van der Waals surface area contributed by atoms with Crippen molar-refractivity contribution in [3.8, 4) is 0 Å². The Morgan fingerprint density at radius 3 is 2.78 bits per heavy atom. The van der Waals surface area contributed by atoms with Gasteiger partial charge in [0.25, 0.3) is 5.91 Å². The molecule has 0 aromatic carbocycles. The molecule has 1 amide bonds. The number of nitrogens with one attached hydrogen (secondary N) is 1. The molecule has 0 bridgehead atoms. The predicted octanol–water partition coefficient (Wildman–Crippen LogP) is 2.07. The molecular weight excluding hydrogens is 234 g/mol. The first-order valence-corrected chi connectivity index (χ1v) is 6.07. The number of carboxylic acid groups (broad SMARTS) is 1. The van der Waals surface area contributed by atoms with Crippen molar-refractivity contribution in [1.29, 1.82) is 0 Å². The van der Waals surface area contributed by atoms with Crippen molar-refractivity contribution in [2.24, 2.45) is 5.92 Å². The predicted molar refractivity (Wildman–Crippen MR) is 66.5 cm³/mol. The zero-order valence-electron chi connectivity index (χ0n) is 10.7. The van der Waals surface area contributed by atoms with Gasteiger partial charge in [-0.15, -0.1) is 0 Å². The lowest BCUT2D eigenvalue weighted by molar-refractivity contribution is -0.136. The van der Waals surface area contributed by atoms with Crippen LogP contribution in [-0.2, 0) is 11.2 Å². The van der Waals surface area contributed by atoms with Crippen molar-refractivity contribution in [3.63, 3.8) is 0 Å². The van der Waals surface area contributed by atoms with Crippen LogP contribution in [0.15, 0.2) is 16.7 Å². The van der Waals surface area contributed by atoms with Crippen LogP contribution in [0, 0.1) is 5.92 Å². The van der Waals surface area contributed by atoms with Crippen LogP contribution in [0.2, 0.25) is 0 Å². The lowest BCUT2D eigenvalue weighted by atomic mass is 10.1. The standard InChI is InChI=1S/C13H19NO4/c1-9(2)4-3-6-14-13(17)10-5-7-18-11(10)8-12(15)16/h5,7,9H,3-4,6,8H2,1-2H3,(H,14,17)(H,15,16). The molecule has 1 heterocycles. The largest absolute Gasteiger partial charge is 0.481 e. The maximum atomic E-state index is 11.8. The monoisotopic (exact) mass is 253 g/mol. The number of furan rings is 1. The van der Waals surface area contributed by atoms with Crippen LogP contribution in [0.4, 0.5) is 0 Å². The summed E-state index contributed by atoms with van der Waals surface area (Å²) in [4.78, 5) is 22.4. The summed E-state index contributed by atoms with van der Waals surface area (Å²) in [5.41, 5.74) is 0.307. The summed E-state index contributed by atoms with van der Waals surface area (Å²) < 4.78 is 5.00. The number of carboxylic acids is 1. The first-order valence-electron chi connectivity index (χ1n) is 6.07. The van der Waals surface area contributed by atoms with Crippen molar-refractivity contribution in [1.82, 2.24) is 5.32 Å². The highest BCUT2D eigenvalue weighted by molar-refractivity contribution is 5.95. The quantitative estimate of drug-likeness (QED) is 0.729. The van der Waals surface area contributed by atoms with Gasteiger partial charge in [0, 0.05) is 6.54 Å². The Hall–Kier alpha value is -1.78. The minimum atomic E-state index is -1.01. The molecule has 2 N–H and O–H groups in total. The third-order valence-corrected chi connectivity index (χ3v) is 2.55. The molecule has 0 fully saturated rings. The molecular formula is C13H19NO4. The normalized spacial score (nSPS) is 10.6. The molecule has 18 heavy (non-hydrogen) atoms. The van der Waals surface area contributed by atoms with Gasteiger partial charge >= 0.3 is 5.97 Å². The summed E-state index contributed by atoms with van der Waals surface area (Å²) in [7, 11) is 0. The zero-order valence-corrected chi connectivity index (χ0v) is 10.7. The lowest BCUT2D eigenvalue weighted by Gasteiger charge is -2.06. The molecule has 1 aromatic rings. The van der Waals surface area contributed by atoms with Crippen LogP contribution in [0.3, 0.4) is 0 Å². The van der Waals surface area contributed by atoms with E-state index in [1.165, 1.54) is 12.3 Å². The van der Waals surface area contributed by atoms with Crippen molar-refractivity contribution < 1.29 is 19.1 Å². The Morgan fingerprint density at radius 1 is 1.44 bits per heavy atom. The van der Waals surface area contributed by atoms with E-state index in [2.05, 4.69) is 19.2 Å². The van der Waals surface area contributed by atoms with Gasteiger partial charge in [0.2, 0.25) is 0 Å². The van der Waals surface area contributed by atoms with Gasteiger partial charge in [0.1, 0.15) is 12.2 Å². The van der Waals surface area contributed by atoms with E-state index in [-0.39, 0.29) is 18.1 Å². The Bertz CT molecular complexity index is 409. The fourth-order valence-electron chi connectivity index (χ4n) is 1.62. The van der Waals surface area contributed by atoms with Crippen molar-refractivity contribution >= 4 is 11.9 Å². The molecule has 0 aliphatic rings. The summed E-state index contributed by atoms with van der Waals surface area (Å²) in [6, 6.07) is 1.50. The average Bonchev–Trinajstić information content (AvgIpc) is 2.71. The number of carbonyl (C=O) groups excluding carboxylic acids is 1. The molecule has 5 heteroatoms. The Labute approximate surface area is 106 Å². The number of hydrogen-bond donors (Lipinski definition) is 2. The van der Waals surface area contributed by atoms with E-state index in [0.29, 0.717) is 18.0 Å². The summed E-state index contributed by atoms with van der Waals surface area (Å²) in [6.45, 7) is 4.85. The van der Waals surface area contributed by atoms with Crippen LogP contribution in [0.1, 0.15) is 42.8 Å². The highest BCUT2D eigenvalue weighted by atomic mass is 16.4. The van der Waals surface area contributed by atoms with Crippen molar-refractivity contribution in [2.75, 3.05) is 6.54 Å². The second kappa shape index (κ2) is 6.83. The highest BCUT2D eigenvalue weighted by Crippen LogP contribution is 2.11. The van der Waals surface area contributed by atoms with E-state index >= 15 is 0 Å². The fourth-order valence-corrected chi connectivity index (χ4v) is 1.62. The minimum Gasteiger partial charge on any atom is -0.481 e. The molecule has 0 saturated carbocycles. The molecule has 0 radical (unpaired) electrons. The van der Waals surface area contributed by atoms with Crippen molar-refractivity contribution in [2.45, 2.75) is 33.1 Å². The summed E-state index contributed by atoms with van der Waals surface area (Å²) >= 11 is 0. The van der Waals surface area contributed by atoms with Crippen LogP contribution < -0.4 is 5.32 Å². The summed E-state index contributed by atoms with van der Waals surface area (Å²) in [6.07, 6.45) is 3.02. The Balaban J connectivity index is 2.46. The van der Waals surface area contributed by atoms with E-state index in [0.717, 1.165) is 12.8 Å². The molecule has 0 saturated heterocycles. The molecule has 1 rings (SSSR count). The number of rotatable bonds is 7. The topological polar surface area (TPSA) is 79.5 Å². The summed E-state index contributed by atoms with van der Waals surface area (Å²) in [5.74, 6) is -0.482. The van der Waals surface area contributed by atoms with Crippen molar-refractivity contribution in [3.05, 3.63) is 23.7 Å². The number of carbonyl (C=O) groups is 2. The first kappa shape index (κ1) is 14.3. The van der Waals surface area contributed by atoms with Gasteiger partial charge in [-0.2, -0.15) is 0 Å². The highest BCUT2D eigenvalue weighted by Gasteiger charge is 2.16. The zero-order chi connectivity index (χ0) is 13.5. The number of hydrogen-bond acceptors (Lipinski definition) is 3. The third kappa shape index (κ3) is 4.61. The van der Waals surface area contributed by atoms with E-state index in [1.54, 1.807) is 0 Å². The van der Waals surface area contributed by atoms with Crippen LogP contribution in [0.25, 0.3) is 0 Å². The molecule has 100 valence electrons. The van der Waals surface area contributed by atoms with Crippen LogP contribution in [0.5, 0.6) is 0 Å². The van der Waals surface area contributed by atoms with Crippen LogP contribution >= 0.6 is 0 Å². The van der Waals surface area contributed by atoms with E-state index < -0.39 is 5.97 Å². The molecule has 0 unspecified atom stereocenters. The second-order valence-corrected chi connectivity index (χ2v) is 4.62. The molecule has 1 aromatic heterocycles. The van der Waals surface area contributed by atoms with Gasteiger partial charge in [0.15, 0.2) is 0 Å². The maximum absolute atomic E-state index is 11.8. The smallest absolute Gasteiger partial charge is 0.311 e. The van der Waals surface area contributed by atoms with Crippen LogP contribution in [-0.4, -0.2) is 23.5 Å². The van der Waals surface area contributed by atoms with Gasteiger partial charge in [0.05, 0.1) is 11.8 Å². The third-order valence-electron chi connectivity index (χ3n) is 2.55. The van der Waals surface area contributed by atoms with Gasteiger partial charge in [-0.25, -0.2) is 0 Å². The van der Waals surface area contributed by atoms with E-state index in [4.69, 9.17) is 9.52 Å². The lowest BCUT2D eigenvalue weighted by Crippen LogP contribution is -2.25. The SMILES string of the molecule is CC(C)CCCNC(=O)c1ccoc1CC(=O)O. The minimum absolute atomic E-state index is 0.198. The van der Waals surface area contributed by atoms with Gasteiger partial charge < -0.3 is 14.8 Å². The average molecular weight is 253 g/mol. The Morgan fingerprint density at radius 2 is 2.17 bits per heavy atom. The number of amides is 1. The van der Waals surface area contributed by atoms with Gasteiger partial charge in [-0.1, -0.05) is 13.8 Å². The van der Waals surface area contributed by atoms with Gasteiger partial charge in [-0.3, -0.25) is 9.59 Å². The van der Waals surface area contributed by atoms with E-state index in [1.807, 2.05) is 0 Å². The maximum Gasteiger partial charge on any atom is 0.311 e. The fraction of sp³-hybridized carbons (Fsp3) is 0.538. The molecule has 0 aliphatic heterocycles. The number of aliphatic carboxylic acids is 1. The molecule has 0 spiro atoms. The molecule has 0 aliphatic carbocycles. The molecule has 5 nitrogen and oxygen atoms in total. The second-order valence-electron chi connectivity index (χ2n) is 4.62. The Kier molecular flexibility index (Phi) is 5.42. The first-order chi connectivity index (χ1) is 8.50. The molecule has 0 atom stereocenters. The van der Waals surface area contributed by atoms with Gasteiger partial charge in [-0.05, 0) is 24.8 Å². The van der Waals surface area contributed by atoms with E-state index in [9.17, 15) is 9.59 Å².